The van der Waals surface area contributed by atoms with Crippen molar-refractivity contribution in [2.75, 3.05) is 0 Å². The Morgan fingerprint density at radius 2 is 1.61 bits per heavy atom. The number of carbonyl (C=O) groups is 3. The zero-order chi connectivity index (χ0) is 32.3. The average molecular weight is 611 g/mol. The molecule has 0 saturated heterocycles. The van der Waals surface area contributed by atoms with Crippen molar-refractivity contribution < 1.29 is 33.1 Å². The predicted octanol–water partition coefficient (Wildman–Crippen LogP) is 7.27. The van der Waals surface area contributed by atoms with Gasteiger partial charge in [-0.3, -0.25) is 14.4 Å². The molecule has 242 valence electrons. The van der Waals surface area contributed by atoms with Crippen LogP contribution in [0.1, 0.15) is 118 Å². The molecule has 8 heteroatoms. The zero-order valence-electron chi connectivity index (χ0n) is 27.8. The number of aliphatic carboxylic acids is 1. The van der Waals surface area contributed by atoms with E-state index in [-0.39, 0.29) is 69.5 Å². The SMILES string of the molecule is Cc1oc(=O)oc1COC(=O)[C@H]1CC[C@]2(C)[C@H]3C(=O)C=C4[C@@H]5C[C@@](C)(C(=O)O)CC[C@]5(C)CC[C@@]4(C)[C@]3(C)CC[C@H]2C1(C)C. The quantitative estimate of drug-likeness (QED) is 0.353. The molecule has 1 aromatic heterocycles. The number of allylic oxidation sites excluding steroid dienone is 2. The maximum absolute atomic E-state index is 14.6. The van der Waals surface area contributed by atoms with E-state index >= 15 is 0 Å². The fraction of sp³-hybridized carbons (Fsp3) is 0.778. The van der Waals surface area contributed by atoms with E-state index in [9.17, 15) is 24.3 Å². The van der Waals surface area contributed by atoms with E-state index in [0.29, 0.717) is 25.0 Å². The van der Waals surface area contributed by atoms with Gasteiger partial charge in [-0.1, -0.05) is 47.1 Å². The number of ether oxygens (including phenoxy) is 1. The van der Waals surface area contributed by atoms with Crippen LogP contribution in [0.2, 0.25) is 0 Å². The number of fused-ring (bicyclic) bond motifs is 7. The van der Waals surface area contributed by atoms with Crippen LogP contribution in [0.15, 0.2) is 25.3 Å². The van der Waals surface area contributed by atoms with Gasteiger partial charge in [0.2, 0.25) is 0 Å². The molecule has 1 heterocycles. The van der Waals surface area contributed by atoms with E-state index in [1.807, 2.05) is 13.0 Å². The van der Waals surface area contributed by atoms with E-state index in [1.165, 1.54) is 5.57 Å². The molecule has 0 amide bonds. The van der Waals surface area contributed by atoms with E-state index in [4.69, 9.17) is 13.6 Å². The third-order valence-electron chi connectivity index (χ3n) is 14.6. The first kappa shape index (κ1) is 31.3. The van der Waals surface area contributed by atoms with Gasteiger partial charge in [0.05, 0.1) is 11.3 Å². The molecule has 8 nitrogen and oxygen atoms in total. The van der Waals surface area contributed by atoms with Gasteiger partial charge in [0, 0.05) is 5.92 Å². The standard InChI is InChI=1S/C36H50O8/c1-20-25(44-30(41)43-20)19-42-28(38)21-9-11-34(6)26(31(21,2)3)10-12-36(8)27(34)24(37)17-22-23-18-33(5,29(39)40)14-13-32(23,4)15-16-35(22,36)7/h17,21,23,26-27H,9-16,18-19H2,1-8H3,(H,39,40)/t21-,23+,26+,27-,32-,33+,34+,35-,36-/m1/s1. The monoisotopic (exact) mass is 610 g/mol. The largest absolute Gasteiger partial charge is 0.519 e. The maximum Gasteiger partial charge on any atom is 0.519 e. The lowest BCUT2D eigenvalue weighted by Gasteiger charge is -2.70. The topological polar surface area (TPSA) is 124 Å². The third-order valence-corrected chi connectivity index (χ3v) is 14.6. The minimum absolute atomic E-state index is 0.0167. The first-order valence-corrected chi connectivity index (χ1v) is 16.6. The van der Waals surface area contributed by atoms with Crippen molar-refractivity contribution in [3.05, 3.63) is 33.8 Å². The van der Waals surface area contributed by atoms with Crippen LogP contribution < -0.4 is 5.82 Å². The molecule has 0 unspecified atom stereocenters. The molecule has 1 aromatic rings. The summed E-state index contributed by atoms with van der Waals surface area (Å²) in [4.78, 5) is 51.9. The van der Waals surface area contributed by atoms with Gasteiger partial charge in [-0.25, -0.2) is 4.79 Å². The summed E-state index contributed by atoms with van der Waals surface area (Å²) in [5.41, 5.74) is -0.672. The molecule has 1 N–H and O–H groups in total. The molecule has 9 atom stereocenters. The van der Waals surface area contributed by atoms with Gasteiger partial charge in [0.25, 0.3) is 0 Å². The number of aryl methyl sites for hydroxylation is 1. The van der Waals surface area contributed by atoms with E-state index in [0.717, 1.165) is 38.5 Å². The highest BCUT2D eigenvalue weighted by Gasteiger charge is 2.70. The fourth-order valence-electron chi connectivity index (χ4n) is 11.5. The summed E-state index contributed by atoms with van der Waals surface area (Å²) in [5, 5.41) is 10.2. The van der Waals surface area contributed by atoms with Gasteiger partial charge in [-0.2, -0.15) is 0 Å². The number of ketones is 1. The van der Waals surface area contributed by atoms with Crippen LogP contribution in [0, 0.1) is 63.1 Å². The van der Waals surface area contributed by atoms with Gasteiger partial charge >= 0.3 is 17.8 Å². The van der Waals surface area contributed by atoms with Gasteiger partial charge in [-0.15, -0.1) is 0 Å². The van der Waals surface area contributed by atoms with Crippen molar-refractivity contribution in [2.45, 2.75) is 120 Å². The Labute approximate surface area is 260 Å². The van der Waals surface area contributed by atoms with Crippen LogP contribution >= 0.6 is 0 Å². The highest BCUT2D eigenvalue weighted by molar-refractivity contribution is 5.95. The first-order chi connectivity index (χ1) is 20.3. The Hall–Kier alpha value is -2.64. The predicted molar refractivity (Wildman–Crippen MR) is 162 cm³/mol. The molecule has 44 heavy (non-hydrogen) atoms. The van der Waals surface area contributed by atoms with Gasteiger partial charge in [-0.05, 0) is 117 Å². The van der Waals surface area contributed by atoms with Crippen molar-refractivity contribution in [3.63, 3.8) is 0 Å². The zero-order valence-corrected chi connectivity index (χ0v) is 27.8. The molecule has 0 aliphatic heterocycles. The molecule has 0 spiro atoms. The average Bonchev–Trinajstić information content (AvgIpc) is 3.25. The molecule has 5 aliphatic carbocycles. The van der Waals surface area contributed by atoms with Gasteiger partial charge in [0.15, 0.2) is 23.9 Å². The molecule has 0 radical (unpaired) electrons. The number of hydrogen-bond acceptors (Lipinski definition) is 7. The van der Waals surface area contributed by atoms with E-state index < -0.39 is 22.6 Å². The molecule has 4 saturated carbocycles. The lowest BCUT2D eigenvalue weighted by atomic mass is 9.33. The Kier molecular flexibility index (Phi) is 6.90. The molecule has 4 fully saturated rings. The second kappa shape index (κ2) is 9.68. The summed E-state index contributed by atoms with van der Waals surface area (Å²) in [5.74, 6) is -1.37. The maximum atomic E-state index is 14.6. The number of rotatable bonds is 4. The van der Waals surface area contributed by atoms with Crippen LogP contribution in [-0.4, -0.2) is 22.8 Å². The van der Waals surface area contributed by atoms with Crippen molar-refractivity contribution in [3.8, 4) is 0 Å². The minimum atomic E-state index is -0.808. The molecular weight excluding hydrogens is 560 g/mol. The van der Waals surface area contributed by atoms with E-state index in [2.05, 4.69) is 41.5 Å². The second-order valence-corrected chi connectivity index (χ2v) is 17.0. The number of carbonyl (C=O) groups excluding carboxylic acids is 2. The van der Waals surface area contributed by atoms with Crippen molar-refractivity contribution in [2.24, 2.45) is 56.2 Å². The molecule has 6 rings (SSSR count). The van der Waals surface area contributed by atoms with Crippen LogP contribution in [0.4, 0.5) is 0 Å². The minimum Gasteiger partial charge on any atom is -0.481 e. The number of hydrogen-bond donors (Lipinski definition) is 1. The van der Waals surface area contributed by atoms with Gasteiger partial charge in [0.1, 0.15) is 0 Å². The van der Waals surface area contributed by atoms with Crippen LogP contribution in [-0.2, 0) is 25.7 Å². The Bertz CT molecular complexity index is 1490. The highest BCUT2D eigenvalue weighted by Crippen LogP contribution is 2.75. The number of carboxylic acids is 1. The lowest BCUT2D eigenvalue weighted by Crippen LogP contribution is -2.66. The Balaban J connectivity index is 1.31. The summed E-state index contributed by atoms with van der Waals surface area (Å²) < 4.78 is 15.6. The lowest BCUT2D eigenvalue weighted by molar-refractivity contribution is -0.200. The fourth-order valence-corrected chi connectivity index (χ4v) is 11.5. The summed E-state index contributed by atoms with van der Waals surface area (Å²) in [6, 6.07) is 0. The van der Waals surface area contributed by atoms with Crippen LogP contribution in [0.5, 0.6) is 0 Å². The van der Waals surface area contributed by atoms with Crippen molar-refractivity contribution in [1.29, 1.82) is 0 Å². The van der Waals surface area contributed by atoms with Crippen molar-refractivity contribution in [1.82, 2.24) is 0 Å². The summed E-state index contributed by atoms with van der Waals surface area (Å²) in [6.45, 7) is 17.0. The third kappa shape index (κ3) is 4.13. The van der Waals surface area contributed by atoms with E-state index in [1.54, 1.807) is 6.92 Å². The Morgan fingerprint density at radius 1 is 0.932 bits per heavy atom. The summed E-state index contributed by atoms with van der Waals surface area (Å²) >= 11 is 0. The first-order valence-electron chi connectivity index (χ1n) is 16.6. The number of carboxylic acid groups (broad SMARTS) is 1. The molecule has 0 aromatic carbocycles. The normalized spacial score (nSPS) is 44.4. The summed E-state index contributed by atoms with van der Waals surface area (Å²) in [6.07, 6.45) is 9.37. The van der Waals surface area contributed by atoms with Crippen LogP contribution in [0.25, 0.3) is 0 Å². The van der Waals surface area contributed by atoms with Crippen molar-refractivity contribution >= 4 is 17.7 Å². The Morgan fingerprint density at radius 3 is 2.25 bits per heavy atom. The van der Waals surface area contributed by atoms with Gasteiger partial charge < -0.3 is 18.7 Å². The molecule has 5 aliphatic rings. The van der Waals surface area contributed by atoms with Crippen LogP contribution in [0.3, 0.4) is 0 Å². The highest BCUT2D eigenvalue weighted by atomic mass is 16.6. The number of esters is 1. The molecule has 0 bridgehead atoms. The second-order valence-electron chi connectivity index (χ2n) is 17.0. The molecular formula is C36H50O8. The smallest absolute Gasteiger partial charge is 0.481 e. The summed E-state index contributed by atoms with van der Waals surface area (Å²) in [7, 11) is 0.